The predicted molar refractivity (Wildman–Crippen MR) is 71.7 cm³/mol. The van der Waals surface area contributed by atoms with E-state index < -0.39 is 5.97 Å². The Balaban J connectivity index is 2.00. The highest BCUT2D eigenvalue weighted by molar-refractivity contribution is 5.94. The Labute approximate surface area is 114 Å². The van der Waals surface area contributed by atoms with E-state index in [0.29, 0.717) is 5.76 Å². The number of ether oxygens (including phenoxy) is 1. The number of furan rings is 1. The van der Waals surface area contributed by atoms with Gasteiger partial charge in [0.1, 0.15) is 12.4 Å². The van der Waals surface area contributed by atoms with Crippen LogP contribution in [-0.2, 0) is 6.61 Å². The van der Waals surface area contributed by atoms with Crippen LogP contribution >= 0.6 is 0 Å². The molecule has 0 atom stereocenters. The van der Waals surface area contributed by atoms with Crippen molar-refractivity contribution in [2.75, 3.05) is 0 Å². The van der Waals surface area contributed by atoms with E-state index in [1.165, 1.54) is 6.07 Å². The van der Waals surface area contributed by atoms with Crippen LogP contribution in [-0.4, -0.2) is 16.1 Å². The SMILES string of the molecule is O=C(O)c1cc2ccccc2c(OCc2ccco2)n1. The van der Waals surface area contributed by atoms with Gasteiger partial charge >= 0.3 is 5.97 Å². The van der Waals surface area contributed by atoms with Crippen LogP contribution in [0.5, 0.6) is 5.88 Å². The average Bonchev–Trinajstić information content (AvgIpc) is 2.97. The maximum absolute atomic E-state index is 11.1. The molecule has 1 N–H and O–H groups in total. The summed E-state index contributed by atoms with van der Waals surface area (Å²) in [6, 6.07) is 12.4. The maximum Gasteiger partial charge on any atom is 0.354 e. The largest absolute Gasteiger partial charge is 0.477 e. The van der Waals surface area contributed by atoms with Crippen LogP contribution < -0.4 is 4.74 Å². The normalized spacial score (nSPS) is 10.6. The number of hydrogen-bond donors (Lipinski definition) is 1. The summed E-state index contributed by atoms with van der Waals surface area (Å²) in [5, 5.41) is 10.6. The first-order valence-electron chi connectivity index (χ1n) is 6.02. The lowest BCUT2D eigenvalue weighted by Gasteiger charge is -2.08. The summed E-state index contributed by atoms with van der Waals surface area (Å²) in [7, 11) is 0. The molecule has 20 heavy (non-hydrogen) atoms. The van der Waals surface area contributed by atoms with Gasteiger partial charge in [-0.05, 0) is 29.7 Å². The van der Waals surface area contributed by atoms with Crippen LogP contribution in [0.15, 0.2) is 53.1 Å². The number of benzene rings is 1. The predicted octanol–water partition coefficient (Wildman–Crippen LogP) is 3.11. The molecule has 1 aromatic carbocycles. The molecule has 0 spiro atoms. The third-order valence-corrected chi connectivity index (χ3v) is 2.86. The van der Waals surface area contributed by atoms with Crippen LogP contribution in [0.3, 0.4) is 0 Å². The Kier molecular flexibility index (Phi) is 3.09. The third kappa shape index (κ3) is 2.33. The van der Waals surface area contributed by atoms with Crippen LogP contribution in [0.25, 0.3) is 10.8 Å². The lowest BCUT2D eigenvalue weighted by Crippen LogP contribution is -2.04. The zero-order chi connectivity index (χ0) is 13.9. The lowest BCUT2D eigenvalue weighted by molar-refractivity contribution is 0.0689. The van der Waals surface area contributed by atoms with Gasteiger partial charge in [-0.15, -0.1) is 0 Å². The number of aromatic carboxylic acids is 1. The van der Waals surface area contributed by atoms with Crippen molar-refractivity contribution >= 4 is 16.7 Å². The number of carboxylic acid groups (broad SMARTS) is 1. The molecule has 0 unspecified atom stereocenters. The number of carbonyl (C=O) groups is 1. The van der Waals surface area contributed by atoms with Crippen molar-refractivity contribution < 1.29 is 19.1 Å². The van der Waals surface area contributed by atoms with E-state index in [0.717, 1.165) is 10.8 Å². The fraction of sp³-hybridized carbons (Fsp3) is 0.0667. The molecular weight excluding hydrogens is 258 g/mol. The van der Waals surface area contributed by atoms with Crippen molar-refractivity contribution in [3.8, 4) is 5.88 Å². The van der Waals surface area contributed by atoms with E-state index in [9.17, 15) is 4.79 Å². The van der Waals surface area contributed by atoms with E-state index in [-0.39, 0.29) is 18.2 Å². The van der Waals surface area contributed by atoms with E-state index in [2.05, 4.69) is 4.98 Å². The van der Waals surface area contributed by atoms with Crippen LogP contribution in [0.2, 0.25) is 0 Å². The zero-order valence-electron chi connectivity index (χ0n) is 10.4. The fourth-order valence-electron chi connectivity index (χ4n) is 1.92. The van der Waals surface area contributed by atoms with Crippen LogP contribution in [0, 0.1) is 0 Å². The summed E-state index contributed by atoms with van der Waals surface area (Å²) in [5.41, 5.74) is -0.0434. The summed E-state index contributed by atoms with van der Waals surface area (Å²) >= 11 is 0. The minimum Gasteiger partial charge on any atom is -0.477 e. The number of rotatable bonds is 4. The van der Waals surface area contributed by atoms with Crippen molar-refractivity contribution in [1.82, 2.24) is 4.98 Å². The summed E-state index contributed by atoms with van der Waals surface area (Å²) in [6.07, 6.45) is 1.55. The molecule has 0 aliphatic heterocycles. The first kappa shape index (κ1) is 12.2. The molecule has 3 rings (SSSR count). The molecule has 0 saturated carbocycles. The van der Waals surface area contributed by atoms with Gasteiger partial charge in [-0.2, -0.15) is 0 Å². The molecule has 5 nitrogen and oxygen atoms in total. The number of hydrogen-bond acceptors (Lipinski definition) is 4. The molecule has 0 fully saturated rings. The van der Waals surface area contributed by atoms with Crippen molar-refractivity contribution in [2.45, 2.75) is 6.61 Å². The third-order valence-electron chi connectivity index (χ3n) is 2.86. The molecule has 0 radical (unpaired) electrons. The number of nitrogens with zero attached hydrogens (tertiary/aromatic N) is 1. The Morgan fingerprint density at radius 2 is 2.10 bits per heavy atom. The molecule has 0 saturated heterocycles. The lowest BCUT2D eigenvalue weighted by atomic mass is 10.1. The van der Waals surface area contributed by atoms with Gasteiger partial charge in [-0.1, -0.05) is 18.2 Å². The molecule has 100 valence electrons. The van der Waals surface area contributed by atoms with Gasteiger partial charge in [0.15, 0.2) is 5.69 Å². The summed E-state index contributed by atoms with van der Waals surface area (Å²) in [4.78, 5) is 15.1. The van der Waals surface area contributed by atoms with Gasteiger partial charge in [0, 0.05) is 5.39 Å². The molecular formula is C15H11NO4. The van der Waals surface area contributed by atoms with E-state index in [1.807, 2.05) is 24.3 Å². The zero-order valence-corrected chi connectivity index (χ0v) is 10.4. The van der Waals surface area contributed by atoms with Gasteiger partial charge in [0.2, 0.25) is 5.88 Å². The highest BCUT2D eigenvalue weighted by Crippen LogP contribution is 2.25. The van der Waals surface area contributed by atoms with Gasteiger partial charge in [-0.3, -0.25) is 0 Å². The van der Waals surface area contributed by atoms with Crippen molar-refractivity contribution in [2.24, 2.45) is 0 Å². The quantitative estimate of drug-likeness (QED) is 0.787. The summed E-state index contributed by atoms with van der Waals surface area (Å²) in [5.74, 6) is -0.146. The van der Waals surface area contributed by atoms with Gasteiger partial charge in [0.05, 0.1) is 6.26 Å². The van der Waals surface area contributed by atoms with E-state index >= 15 is 0 Å². The second kappa shape index (κ2) is 5.05. The minimum absolute atomic E-state index is 0.0434. The molecule has 0 aliphatic carbocycles. The van der Waals surface area contributed by atoms with Crippen molar-refractivity contribution in [3.63, 3.8) is 0 Å². The highest BCUT2D eigenvalue weighted by atomic mass is 16.5. The monoisotopic (exact) mass is 269 g/mol. The molecule has 2 aromatic heterocycles. The molecule has 0 amide bonds. The highest BCUT2D eigenvalue weighted by Gasteiger charge is 2.12. The fourth-order valence-corrected chi connectivity index (χ4v) is 1.92. The molecule has 5 heteroatoms. The van der Waals surface area contributed by atoms with E-state index in [1.54, 1.807) is 18.4 Å². The standard InChI is InChI=1S/C15H11NO4/c17-15(18)13-8-10-4-1-2-6-12(10)14(16-13)20-9-11-5-3-7-19-11/h1-8H,9H2,(H,17,18). The van der Waals surface area contributed by atoms with Crippen LogP contribution in [0.4, 0.5) is 0 Å². The smallest absolute Gasteiger partial charge is 0.354 e. The maximum atomic E-state index is 11.1. The van der Waals surface area contributed by atoms with Gasteiger partial charge in [-0.25, -0.2) is 9.78 Å². The molecule has 0 bridgehead atoms. The molecule has 2 heterocycles. The first-order chi connectivity index (χ1) is 9.74. The van der Waals surface area contributed by atoms with Crippen molar-refractivity contribution in [1.29, 1.82) is 0 Å². The Morgan fingerprint density at radius 3 is 2.85 bits per heavy atom. The first-order valence-corrected chi connectivity index (χ1v) is 6.02. The second-order valence-electron chi connectivity index (χ2n) is 4.21. The Bertz CT molecular complexity index is 750. The molecule has 3 aromatic rings. The van der Waals surface area contributed by atoms with Crippen LogP contribution in [0.1, 0.15) is 16.2 Å². The Hall–Kier alpha value is -2.82. The Morgan fingerprint density at radius 1 is 1.25 bits per heavy atom. The van der Waals surface area contributed by atoms with Crippen molar-refractivity contribution in [3.05, 3.63) is 60.2 Å². The summed E-state index contributed by atoms with van der Waals surface area (Å²) in [6.45, 7) is 0.201. The average molecular weight is 269 g/mol. The number of aromatic nitrogens is 1. The van der Waals surface area contributed by atoms with Gasteiger partial charge in [0.25, 0.3) is 0 Å². The summed E-state index contributed by atoms with van der Waals surface area (Å²) < 4.78 is 10.8. The molecule has 0 aliphatic rings. The van der Waals surface area contributed by atoms with E-state index in [4.69, 9.17) is 14.3 Å². The number of carboxylic acids is 1. The minimum atomic E-state index is -1.08. The number of pyridine rings is 1. The van der Waals surface area contributed by atoms with Gasteiger partial charge < -0.3 is 14.3 Å². The topological polar surface area (TPSA) is 72.6 Å². The second-order valence-corrected chi connectivity index (χ2v) is 4.21. The number of fused-ring (bicyclic) bond motifs is 1.